The van der Waals surface area contributed by atoms with Gasteiger partial charge in [0.15, 0.2) is 5.82 Å². The van der Waals surface area contributed by atoms with Crippen molar-refractivity contribution in [2.75, 3.05) is 0 Å². The van der Waals surface area contributed by atoms with Gasteiger partial charge in [0, 0.05) is 5.39 Å². The van der Waals surface area contributed by atoms with E-state index in [-0.39, 0.29) is 5.39 Å². The number of fused-ring (bicyclic) bond motifs is 1. The predicted octanol–water partition coefficient (Wildman–Crippen LogP) is 2.23. The Labute approximate surface area is 85.9 Å². The van der Waals surface area contributed by atoms with Crippen LogP contribution in [-0.2, 0) is 10.1 Å². The van der Waals surface area contributed by atoms with Crippen LogP contribution in [0, 0.1) is 5.82 Å². The zero-order valence-electron chi connectivity index (χ0n) is 7.51. The zero-order valence-corrected chi connectivity index (χ0v) is 8.33. The topological polar surface area (TPSA) is 54.4 Å². The summed E-state index contributed by atoms with van der Waals surface area (Å²) < 4.78 is 44.0. The minimum absolute atomic E-state index is 0.174. The summed E-state index contributed by atoms with van der Waals surface area (Å²) in [7, 11) is -4.50. The van der Waals surface area contributed by atoms with Crippen LogP contribution in [0.2, 0.25) is 0 Å². The summed E-state index contributed by atoms with van der Waals surface area (Å²) >= 11 is 0. The maximum atomic E-state index is 13.6. The van der Waals surface area contributed by atoms with E-state index in [1.54, 1.807) is 18.2 Å². The zero-order chi connectivity index (χ0) is 11.1. The van der Waals surface area contributed by atoms with Crippen LogP contribution < -0.4 is 0 Å². The van der Waals surface area contributed by atoms with Gasteiger partial charge in [0.1, 0.15) is 4.90 Å². The normalized spacial score (nSPS) is 11.9. The second-order valence-corrected chi connectivity index (χ2v) is 4.46. The molecule has 15 heavy (non-hydrogen) atoms. The van der Waals surface area contributed by atoms with Crippen molar-refractivity contribution in [2.45, 2.75) is 4.90 Å². The molecule has 0 spiro atoms. The van der Waals surface area contributed by atoms with Crippen molar-refractivity contribution in [1.82, 2.24) is 0 Å². The van der Waals surface area contributed by atoms with E-state index >= 15 is 0 Å². The fourth-order valence-corrected chi connectivity index (χ4v) is 1.99. The molecule has 0 bridgehead atoms. The highest BCUT2D eigenvalue weighted by molar-refractivity contribution is 7.85. The first-order valence-corrected chi connectivity index (χ1v) is 5.59. The molecule has 0 fully saturated rings. The molecule has 0 aliphatic rings. The van der Waals surface area contributed by atoms with Crippen molar-refractivity contribution < 1.29 is 17.4 Å². The highest BCUT2D eigenvalue weighted by Gasteiger charge is 2.17. The lowest BCUT2D eigenvalue weighted by Crippen LogP contribution is -2.01. The Bertz CT molecular complexity index is 620. The third-order valence-electron chi connectivity index (χ3n) is 2.11. The van der Waals surface area contributed by atoms with Gasteiger partial charge in [-0.25, -0.2) is 4.39 Å². The van der Waals surface area contributed by atoms with Crippen LogP contribution in [0.5, 0.6) is 0 Å². The molecule has 0 saturated heterocycles. The van der Waals surface area contributed by atoms with Crippen molar-refractivity contribution >= 4 is 20.9 Å². The third-order valence-corrected chi connectivity index (χ3v) is 2.98. The number of rotatable bonds is 1. The van der Waals surface area contributed by atoms with Crippen LogP contribution >= 0.6 is 0 Å². The Morgan fingerprint density at radius 1 is 1.07 bits per heavy atom. The van der Waals surface area contributed by atoms with E-state index < -0.39 is 20.8 Å². The van der Waals surface area contributed by atoms with E-state index in [1.807, 2.05) is 0 Å². The first-order chi connectivity index (χ1) is 7.00. The molecule has 3 nitrogen and oxygen atoms in total. The standard InChI is InChI=1S/C10H7FO3S/c11-10-8-4-2-1-3-7(8)5-6-9(10)15(12,13)14/h1-6H,(H,12,13,14). The minimum Gasteiger partial charge on any atom is -0.282 e. The minimum atomic E-state index is -4.50. The van der Waals surface area contributed by atoms with Crippen LogP contribution in [0.3, 0.4) is 0 Å². The van der Waals surface area contributed by atoms with Crippen LogP contribution in [-0.4, -0.2) is 13.0 Å². The third kappa shape index (κ3) is 1.71. The van der Waals surface area contributed by atoms with Gasteiger partial charge in [-0.05, 0) is 11.5 Å². The molecular formula is C10H7FO3S. The van der Waals surface area contributed by atoms with Gasteiger partial charge in [-0.3, -0.25) is 4.55 Å². The summed E-state index contributed by atoms with van der Waals surface area (Å²) in [4.78, 5) is -0.693. The van der Waals surface area contributed by atoms with Crippen LogP contribution in [0.4, 0.5) is 4.39 Å². The molecule has 0 aromatic heterocycles. The molecule has 2 aromatic carbocycles. The van der Waals surface area contributed by atoms with Crippen molar-refractivity contribution in [3.05, 3.63) is 42.2 Å². The largest absolute Gasteiger partial charge is 0.297 e. The maximum absolute atomic E-state index is 13.6. The molecule has 0 saturated carbocycles. The molecule has 0 aliphatic carbocycles. The Hall–Kier alpha value is -1.46. The average Bonchev–Trinajstić information content (AvgIpc) is 2.16. The number of hydrogen-bond acceptors (Lipinski definition) is 2. The number of benzene rings is 2. The number of hydrogen-bond donors (Lipinski definition) is 1. The Balaban J connectivity index is 2.88. The van der Waals surface area contributed by atoms with Crippen LogP contribution in [0.25, 0.3) is 10.8 Å². The summed E-state index contributed by atoms with van der Waals surface area (Å²) in [5, 5.41) is 0.759. The van der Waals surface area contributed by atoms with Crippen molar-refractivity contribution in [1.29, 1.82) is 0 Å². The molecule has 1 N–H and O–H groups in total. The molecular weight excluding hydrogens is 219 g/mol. The molecule has 0 radical (unpaired) electrons. The maximum Gasteiger partial charge on any atom is 0.297 e. The van der Waals surface area contributed by atoms with E-state index in [1.165, 1.54) is 12.1 Å². The molecule has 0 atom stereocenters. The van der Waals surface area contributed by atoms with Gasteiger partial charge in [0.2, 0.25) is 0 Å². The van der Waals surface area contributed by atoms with Gasteiger partial charge < -0.3 is 0 Å². The molecule has 78 valence electrons. The van der Waals surface area contributed by atoms with E-state index in [4.69, 9.17) is 4.55 Å². The van der Waals surface area contributed by atoms with E-state index in [9.17, 15) is 12.8 Å². The van der Waals surface area contributed by atoms with Gasteiger partial charge in [-0.1, -0.05) is 30.3 Å². The smallest absolute Gasteiger partial charge is 0.282 e. The summed E-state index contributed by atoms with van der Waals surface area (Å²) in [5.74, 6) is -0.921. The first kappa shape index (κ1) is 10.1. The van der Waals surface area contributed by atoms with Crippen molar-refractivity contribution in [3.8, 4) is 0 Å². The lowest BCUT2D eigenvalue weighted by atomic mass is 10.1. The summed E-state index contributed by atoms with van der Waals surface area (Å²) in [6, 6.07) is 8.92. The first-order valence-electron chi connectivity index (χ1n) is 4.15. The summed E-state index contributed by atoms with van der Waals surface area (Å²) in [5.41, 5.74) is 0. The quantitative estimate of drug-likeness (QED) is 0.758. The van der Waals surface area contributed by atoms with Crippen LogP contribution in [0.15, 0.2) is 41.3 Å². The van der Waals surface area contributed by atoms with Crippen LogP contribution in [0.1, 0.15) is 0 Å². The van der Waals surface area contributed by atoms with Crippen molar-refractivity contribution in [2.24, 2.45) is 0 Å². The second kappa shape index (κ2) is 3.29. The monoisotopic (exact) mass is 226 g/mol. The van der Waals surface area contributed by atoms with Gasteiger partial charge in [-0.15, -0.1) is 0 Å². The predicted molar refractivity (Wildman–Crippen MR) is 53.7 cm³/mol. The highest BCUT2D eigenvalue weighted by atomic mass is 32.2. The fraction of sp³-hybridized carbons (Fsp3) is 0. The van der Waals surface area contributed by atoms with Crippen molar-refractivity contribution in [3.63, 3.8) is 0 Å². The van der Waals surface area contributed by atoms with E-state index in [0.29, 0.717) is 5.39 Å². The lowest BCUT2D eigenvalue weighted by Gasteiger charge is -2.03. The Morgan fingerprint density at radius 2 is 1.73 bits per heavy atom. The molecule has 5 heteroatoms. The highest BCUT2D eigenvalue weighted by Crippen LogP contribution is 2.23. The molecule has 0 amide bonds. The molecule has 0 heterocycles. The average molecular weight is 226 g/mol. The fourth-order valence-electron chi connectivity index (χ4n) is 1.41. The SMILES string of the molecule is O=S(=O)(O)c1ccc2ccccc2c1F. The molecule has 0 aliphatic heterocycles. The second-order valence-electron chi connectivity index (χ2n) is 3.07. The van der Waals surface area contributed by atoms with Gasteiger partial charge >= 0.3 is 0 Å². The molecule has 2 rings (SSSR count). The Morgan fingerprint density at radius 3 is 2.40 bits per heavy atom. The lowest BCUT2D eigenvalue weighted by molar-refractivity contribution is 0.474. The molecule has 2 aromatic rings. The summed E-state index contributed by atoms with van der Waals surface area (Å²) in [6.07, 6.45) is 0. The Kier molecular flexibility index (Phi) is 2.21. The number of halogens is 1. The molecule has 0 unspecified atom stereocenters. The van der Waals surface area contributed by atoms with Gasteiger partial charge in [-0.2, -0.15) is 8.42 Å². The van der Waals surface area contributed by atoms with Gasteiger partial charge in [0.25, 0.3) is 10.1 Å². The van der Waals surface area contributed by atoms with E-state index in [0.717, 1.165) is 6.07 Å². The van der Waals surface area contributed by atoms with Gasteiger partial charge in [0.05, 0.1) is 0 Å². The van der Waals surface area contributed by atoms with E-state index in [2.05, 4.69) is 0 Å². The summed E-state index contributed by atoms with van der Waals surface area (Å²) in [6.45, 7) is 0.